The van der Waals surface area contributed by atoms with E-state index in [1.807, 2.05) is 12.1 Å². The molecule has 0 bridgehead atoms. The number of rotatable bonds is 6. The van der Waals surface area contributed by atoms with Gasteiger partial charge >= 0.3 is 6.03 Å². The molecule has 7 heteroatoms. The standard InChI is InChI=1S/C19H24FN3O3/c1-22(14-17-6-3-9-26-17)19(24)21-13-18(23-7-10-25-11-8-23)15-4-2-5-16(20)12-15/h2-6,9,12,18H,7-8,10-11,13-14H2,1H3,(H,21,24). The number of carbonyl (C=O) groups excluding carboxylic acids is 1. The third-order valence-electron chi connectivity index (χ3n) is 4.49. The van der Waals surface area contributed by atoms with Gasteiger partial charge in [-0.1, -0.05) is 12.1 Å². The molecule has 0 spiro atoms. The zero-order chi connectivity index (χ0) is 18.4. The summed E-state index contributed by atoms with van der Waals surface area (Å²) in [6.07, 6.45) is 1.58. The molecule has 2 amide bonds. The summed E-state index contributed by atoms with van der Waals surface area (Å²) in [7, 11) is 1.71. The van der Waals surface area contributed by atoms with Crippen LogP contribution in [-0.4, -0.2) is 55.7 Å². The molecular weight excluding hydrogens is 337 g/mol. The number of carbonyl (C=O) groups is 1. The van der Waals surface area contributed by atoms with Gasteiger partial charge in [0, 0.05) is 26.7 Å². The number of furan rings is 1. The van der Waals surface area contributed by atoms with Crippen LogP contribution in [0.15, 0.2) is 47.1 Å². The lowest BCUT2D eigenvalue weighted by Gasteiger charge is -2.35. The topological polar surface area (TPSA) is 58.0 Å². The van der Waals surface area contributed by atoms with Crippen LogP contribution < -0.4 is 5.32 Å². The lowest BCUT2D eigenvalue weighted by Crippen LogP contribution is -2.46. The van der Waals surface area contributed by atoms with Crippen LogP contribution in [0.25, 0.3) is 0 Å². The van der Waals surface area contributed by atoms with Gasteiger partial charge in [0.15, 0.2) is 0 Å². The molecule has 0 radical (unpaired) electrons. The number of benzene rings is 1. The van der Waals surface area contributed by atoms with Gasteiger partial charge in [0.05, 0.1) is 32.1 Å². The molecule has 1 fully saturated rings. The summed E-state index contributed by atoms with van der Waals surface area (Å²) in [5.74, 6) is 0.444. The van der Waals surface area contributed by atoms with Gasteiger partial charge in [0.1, 0.15) is 11.6 Å². The van der Waals surface area contributed by atoms with Gasteiger partial charge < -0.3 is 19.4 Å². The third-order valence-corrected chi connectivity index (χ3v) is 4.49. The van der Waals surface area contributed by atoms with E-state index in [0.717, 1.165) is 24.4 Å². The van der Waals surface area contributed by atoms with Crippen LogP contribution in [0.5, 0.6) is 0 Å². The maximum absolute atomic E-state index is 13.7. The van der Waals surface area contributed by atoms with E-state index in [-0.39, 0.29) is 17.9 Å². The zero-order valence-corrected chi connectivity index (χ0v) is 14.9. The predicted octanol–water partition coefficient (Wildman–Crippen LogP) is 2.63. The molecule has 1 unspecified atom stereocenters. The highest BCUT2D eigenvalue weighted by Crippen LogP contribution is 2.22. The van der Waals surface area contributed by atoms with E-state index in [4.69, 9.17) is 9.15 Å². The van der Waals surface area contributed by atoms with E-state index in [1.54, 1.807) is 30.3 Å². The first-order chi connectivity index (χ1) is 12.6. The summed E-state index contributed by atoms with van der Waals surface area (Å²) in [5.41, 5.74) is 0.848. The van der Waals surface area contributed by atoms with Crippen molar-refractivity contribution in [1.29, 1.82) is 0 Å². The SMILES string of the molecule is CN(Cc1ccco1)C(=O)NCC(c1cccc(F)c1)N1CCOCC1. The second kappa shape index (κ2) is 8.82. The Balaban J connectivity index is 1.64. The van der Waals surface area contributed by atoms with Crippen LogP contribution in [0.3, 0.4) is 0 Å². The van der Waals surface area contributed by atoms with Gasteiger partial charge in [-0.2, -0.15) is 0 Å². The van der Waals surface area contributed by atoms with Crippen LogP contribution >= 0.6 is 0 Å². The van der Waals surface area contributed by atoms with E-state index in [0.29, 0.717) is 26.3 Å². The summed E-state index contributed by atoms with van der Waals surface area (Å²) >= 11 is 0. The fourth-order valence-electron chi connectivity index (χ4n) is 3.09. The zero-order valence-electron chi connectivity index (χ0n) is 14.9. The maximum atomic E-state index is 13.7. The Kier molecular flexibility index (Phi) is 6.25. The molecule has 1 N–H and O–H groups in total. The fourth-order valence-corrected chi connectivity index (χ4v) is 3.09. The van der Waals surface area contributed by atoms with Gasteiger partial charge in [0.25, 0.3) is 0 Å². The third kappa shape index (κ3) is 4.83. The molecule has 6 nitrogen and oxygen atoms in total. The first-order valence-corrected chi connectivity index (χ1v) is 8.72. The van der Waals surface area contributed by atoms with Crippen molar-refractivity contribution in [2.45, 2.75) is 12.6 Å². The molecule has 0 aliphatic carbocycles. The number of hydrogen-bond donors (Lipinski definition) is 1. The van der Waals surface area contributed by atoms with Crippen molar-refractivity contribution in [2.24, 2.45) is 0 Å². The minimum absolute atomic E-state index is 0.101. The monoisotopic (exact) mass is 361 g/mol. The Morgan fingerprint density at radius 1 is 1.31 bits per heavy atom. The van der Waals surface area contributed by atoms with Gasteiger partial charge in [-0.15, -0.1) is 0 Å². The molecule has 3 rings (SSSR count). The molecule has 26 heavy (non-hydrogen) atoms. The second-order valence-corrected chi connectivity index (χ2v) is 6.34. The Hall–Kier alpha value is -2.38. The summed E-state index contributed by atoms with van der Waals surface area (Å²) in [6.45, 7) is 3.56. The quantitative estimate of drug-likeness (QED) is 0.859. The van der Waals surface area contributed by atoms with Crippen LogP contribution in [-0.2, 0) is 11.3 Å². The van der Waals surface area contributed by atoms with Crippen molar-refractivity contribution in [3.8, 4) is 0 Å². The average Bonchev–Trinajstić information content (AvgIpc) is 3.15. The van der Waals surface area contributed by atoms with E-state index >= 15 is 0 Å². The van der Waals surface area contributed by atoms with Gasteiger partial charge in [-0.25, -0.2) is 9.18 Å². The number of morpholine rings is 1. The average molecular weight is 361 g/mol. The number of nitrogens with one attached hydrogen (secondary N) is 1. The normalized spacial score (nSPS) is 16.2. The highest BCUT2D eigenvalue weighted by atomic mass is 19.1. The molecule has 1 aromatic heterocycles. The minimum Gasteiger partial charge on any atom is -0.467 e. The lowest BCUT2D eigenvalue weighted by atomic mass is 10.0. The van der Waals surface area contributed by atoms with Crippen molar-refractivity contribution in [1.82, 2.24) is 15.1 Å². The lowest BCUT2D eigenvalue weighted by molar-refractivity contribution is 0.0164. The van der Waals surface area contributed by atoms with Crippen LogP contribution in [0, 0.1) is 5.82 Å². The van der Waals surface area contributed by atoms with Crippen LogP contribution in [0.4, 0.5) is 9.18 Å². The maximum Gasteiger partial charge on any atom is 0.317 e. The van der Waals surface area contributed by atoms with E-state index in [9.17, 15) is 9.18 Å². The molecule has 140 valence electrons. The van der Waals surface area contributed by atoms with Gasteiger partial charge in [-0.3, -0.25) is 4.90 Å². The Labute approximate surface area is 152 Å². The Morgan fingerprint density at radius 2 is 2.12 bits per heavy atom. The molecule has 0 saturated carbocycles. The smallest absolute Gasteiger partial charge is 0.317 e. The molecule has 1 saturated heterocycles. The van der Waals surface area contributed by atoms with Crippen molar-refractivity contribution in [2.75, 3.05) is 39.9 Å². The van der Waals surface area contributed by atoms with Crippen molar-refractivity contribution in [3.05, 3.63) is 59.8 Å². The number of amides is 2. The molecule has 2 heterocycles. The minimum atomic E-state index is -0.276. The molecule has 1 aromatic carbocycles. The summed E-state index contributed by atoms with van der Waals surface area (Å²) in [4.78, 5) is 16.2. The fraction of sp³-hybridized carbons (Fsp3) is 0.421. The number of hydrogen-bond acceptors (Lipinski definition) is 4. The Bertz CT molecular complexity index is 702. The van der Waals surface area contributed by atoms with Crippen molar-refractivity contribution < 1.29 is 18.3 Å². The first-order valence-electron chi connectivity index (χ1n) is 8.72. The second-order valence-electron chi connectivity index (χ2n) is 6.34. The van der Waals surface area contributed by atoms with E-state index in [2.05, 4.69) is 10.2 Å². The Morgan fingerprint density at radius 3 is 2.81 bits per heavy atom. The number of halogens is 1. The van der Waals surface area contributed by atoms with Crippen LogP contribution in [0.1, 0.15) is 17.4 Å². The number of nitrogens with zero attached hydrogens (tertiary/aromatic N) is 2. The molecule has 1 aliphatic rings. The number of urea groups is 1. The summed E-state index contributed by atoms with van der Waals surface area (Å²) in [6, 6.07) is 9.86. The molecular formula is C19H24FN3O3. The highest BCUT2D eigenvalue weighted by molar-refractivity contribution is 5.73. The summed E-state index contributed by atoms with van der Waals surface area (Å²) in [5, 5.41) is 2.95. The highest BCUT2D eigenvalue weighted by Gasteiger charge is 2.24. The number of ether oxygens (including phenoxy) is 1. The first kappa shape index (κ1) is 18.4. The van der Waals surface area contributed by atoms with Crippen molar-refractivity contribution in [3.63, 3.8) is 0 Å². The molecule has 2 aromatic rings. The molecule has 1 aliphatic heterocycles. The van der Waals surface area contributed by atoms with Crippen LogP contribution in [0.2, 0.25) is 0 Å². The van der Waals surface area contributed by atoms with Gasteiger partial charge in [-0.05, 0) is 29.8 Å². The van der Waals surface area contributed by atoms with E-state index < -0.39 is 0 Å². The van der Waals surface area contributed by atoms with Gasteiger partial charge in [0.2, 0.25) is 0 Å². The van der Waals surface area contributed by atoms with Crippen molar-refractivity contribution >= 4 is 6.03 Å². The van der Waals surface area contributed by atoms with E-state index in [1.165, 1.54) is 12.1 Å². The molecule has 1 atom stereocenters. The largest absolute Gasteiger partial charge is 0.467 e. The predicted molar refractivity (Wildman–Crippen MR) is 95.1 cm³/mol. The summed E-state index contributed by atoms with van der Waals surface area (Å²) < 4.78 is 24.4.